The fourth-order valence-electron chi connectivity index (χ4n) is 3.79. The SMILES string of the molecule is CCC1(CC)CC(NC(=O)c2ccc(NS(C)(=O)=O)c(C)c2)c2ccccc2O1. The number of anilines is 1. The number of ether oxygens (including phenoxy) is 1. The lowest BCUT2D eigenvalue weighted by molar-refractivity contribution is 0.0227. The van der Waals surface area contributed by atoms with Crippen LogP contribution in [0, 0.1) is 6.92 Å². The van der Waals surface area contributed by atoms with E-state index in [4.69, 9.17) is 4.74 Å². The minimum absolute atomic E-state index is 0.151. The van der Waals surface area contributed by atoms with Crippen LogP contribution in [0.5, 0.6) is 5.75 Å². The number of carbonyl (C=O) groups excluding carboxylic acids is 1. The van der Waals surface area contributed by atoms with E-state index in [2.05, 4.69) is 23.9 Å². The van der Waals surface area contributed by atoms with Crippen molar-refractivity contribution >= 4 is 21.6 Å². The van der Waals surface area contributed by atoms with Gasteiger partial charge in [-0.25, -0.2) is 8.42 Å². The molecule has 1 amide bonds. The van der Waals surface area contributed by atoms with Crippen molar-refractivity contribution in [2.24, 2.45) is 0 Å². The van der Waals surface area contributed by atoms with Crippen molar-refractivity contribution < 1.29 is 17.9 Å². The van der Waals surface area contributed by atoms with E-state index in [-0.39, 0.29) is 17.6 Å². The third-order valence-corrected chi connectivity index (χ3v) is 6.17. The van der Waals surface area contributed by atoms with Gasteiger partial charge in [-0.1, -0.05) is 32.0 Å². The first-order valence-corrected chi connectivity index (χ1v) is 11.7. The number of benzene rings is 2. The van der Waals surface area contributed by atoms with Gasteiger partial charge in [0.15, 0.2) is 0 Å². The molecule has 0 radical (unpaired) electrons. The first-order chi connectivity index (χ1) is 13.7. The Hall–Kier alpha value is -2.54. The molecule has 1 unspecified atom stereocenters. The molecule has 0 bridgehead atoms. The second kappa shape index (κ2) is 8.06. The second-order valence-electron chi connectivity index (χ2n) is 7.66. The Bertz CT molecular complexity index is 1010. The van der Waals surface area contributed by atoms with Gasteiger partial charge in [-0.2, -0.15) is 0 Å². The average molecular weight is 417 g/mol. The van der Waals surface area contributed by atoms with Crippen molar-refractivity contribution in [3.05, 3.63) is 59.2 Å². The summed E-state index contributed by atoms with van der Waals surface area (Å²) < 4.78 is 31.7. The van der Waals surface area contributed by atoms with Crippen molar-refractivity contribution in [3.8, 4) is 5.75 Å². The van der Waals surface area contributed by atoms with Gasteiger partial charge in [0.05, 0.1) is 18.0 Å². The van der Waals surface area contributed by atoms with Crippen LogP contribution in [-0.2, 0) is 10.0 Å². The maximum Gasteiger partial charge on any atom is 0.251 e. The summed E-state index contributed by atoms with van der Waals surface area (Å²) in [5.74, 6) is 0.624. The van der Waals surface area contributed by atoms with Crippen LogP contribution in [0.1, 0.15) is 60.6 Å². The van der Waals surface area contributed by atoms with E-state index < -0.39 is 10.0 Å². The summed E-state index contributed by atoms with van der Waals surface area (Å²) in [6.07, 6.45) is 3.52. The van der Waals surface area contributed by atoms with E-state index in [1.807, 2.05) is 24.3 Å². The Balaban J connectivity index is 1.85. The molecule has 7 heteroatoms. The number of hydrogen-bond donors (Lipinski definition) is 2. The van der Waals surface area contributed by atoms with Crippen molar-refractivity contribution in [2.45, 2.75) is 51.7 Å². The highest BCUT2D eigenvalue weighted by Gasteiger charge is 2.39. The van der Waals surface area contributed by atoms with E-state index in [0.717, 1.165) is 30.4 Å². The number of rotatable bonds is 6. The zero-order valence-electron chi connectivity index (χ0n) is 17.3. The van der Waals surface area contributed by atoms with Crippen LogP contribution in [0.4, 0.5) is 5.69 Å². The monoisotopic (exact) mass is 416 g/mol. The molecule has 1 atom stereocenters. The van der Waals surface area contributed by atoms with Gasteiger partial charge in [0.1, 0.15) is 11.4 Å². The predicted octanol–water partition coefficient (Wildman–Crippen LogP) is 4.18. The molecule has 0 aromatic heterocycles. The molecule has 1 heterocycles. The number of nitrogens with one attached hydrogen (secondary N) is 2. The average Bonchev–Trinajstić information content (AvgIpc) is 2.68. The molecule has 156 valence electrons. The van der Waals surface area contributed by atoms with Crippen LogP contribution >= 0.6 is 0 Å². The normalized spacial score (nSPS) is 17.7. The fourth-order valence-corrected chi connectivity index (χ4v) is 4.42. The van der Waals surface area contributed by atoms with Crippen LogP contribution in [0.3, 0.4) is 0 Å². The van der Waals surface area contributed by atoms with Crippen LogP contribution in [-0.4, -0.2) is 26.2 Å². The molecular weight excluding hydrogens is 388 g/mol. The molecule has 1 aliphatic rings. The summed E-state index contributed by atoms with van der Waals surface area (Å²) in [6, 6.07) is 12.6. The minimum atomic E-state index is -3.37. The molecule has 0 aliphatic carbocycles. The molecule has 0 spiro atoms. The Morgan fingerprint density at radius 2 is 1.86 bits per heavy atom. The van der Waals surface area contributed by atoms with Gasteiger partial charge in [-0.15, -0.1) is 0 Å². The van der Waals surface area contributed by atoms with E-state index in [0.29, 0.717) is 23.2 Å². The summed E-state index contributed by atoms with van der Waals surface area (Å²) in [4.78, 5) is 13.0. The minimum Gasteiger partial charge on any atom is -0.487 e. The topological polar surface area (TPSA) is 84.5 Å². The van der Waals surface area contributed by atoms with Gasteiger partial charge >= 0.3 is 0 Å². The van der Waals surface area contributed by atoms with Crippen LogP contribution in [0.2, 0.25) is 0 Å². The summed E-state index contributed by atoms with van der Waals surface area (Å²) in [5, 5.41) is 3.15. The summed E-state index contributed by atoms with van der Waals surface area (Å²) in [5.41, 5.74) is 2.32. The molecule has 1 aliphatic heterocycles. The maximum atomic E-state index is 13.0. The van der Waals surface area contributed by atoms with Crippen molar-refractivity contribution in [3.63, 3.8) is 0 Å². The zero-order chi connectivity index (χ0) is 21.2. The van der Waals surface area contributed by atoms with Crippen molar-refractivity contribution in [1.82, 2.24) is 5.32 Å². The number of amides is 1. The zero-order valence-corrected chi connectivity index (χ0v) is 18.1. The molecule has 3 rings (SSSR count). The summed E-state index contributed by atoms with van der Waals surface area (Å²) >= 11 is 0. The first-order valence-electron chi connectivity index (χ1n) is 9.83. The maximum absolute atomic E-state index is 13.0. The lowest BCUT2D eigenvalue weighted by Gasteiger charge is -2.41. The van der Waals surface area contributed by atoms with Gasteiger partial charge in [-0.05, 0) is 49.6 Å². The van der Waals surface area contributed by atoms with Gasteiger partial charge in [-0.3, -0.25) is 9.52 Å². The van der Waals surface area contributed by atoms with Crippen LogP contribution in [0.15, 0.2) is 42.5 Å². The lowest BCUT2D eigenvalue weighted by atomic mass is 9.83. The van der Waals surface area contributed by atoms with Gasteiger partial charge in [0.25, 0.3) is 5.91 Å². The molecule has 2 N–H and O–H groups in total. The van der Waals surface area contributed by atoms with E-state index in [1.54, 1.807) is 25.1 Å². The lowest BCUT2D eigenvalue weighted by Crippen LogP contribution is -2.44. The third-order valence-electron chi connectivity index (χ3n) is 5.57. The fraction of sp³-hybridized carbons (Fsp3) is 0.409. The number of sulfonamides is 1. The summed E-state index contributed by atoms with van der Waals surface area (Å²) in [7, 11) is -3.37. The number of hydrogen-bond acceptors (Lipinski definition) is 4. The van der Waals surface area contributed by atoms with Crippen molar-refractivity contribution in [2.75, 3.05) is 11.0 Å². The van der Waals surface area contributed by atoms with Crippen LogP contribution < -0.4 is 14.8 Å². The standard InChI is InChI=1S/C22H28N2O4S/c1-5-22(6-2)14-19(17-9-7-8-10-20(17)28-22)23-21(25)16-11-12-18(15(3)13-16)24-29(4,26)27/h7-13,19,24H,5-6,14H2,1-4H3,(H,23,25). The quantitative estimate of drug-likeness (QED) is 0.740. The third kappa shape index (κ3) is 4.72. The molecule has 0 saturated carbocycles. The number of para-hydroxylation sites is 1. The molecule has 2 aromatic rings. The van der Waals surface area contributed by atoms with Gasteiger partial charge in [0, 0.05) is 17.5 Å². The van der Waals surface area contributed by atoms with E-state index in [1.165, 1.54) is 0 Å². The predicted molar refractivity (Wildman–Crippen MR) is 115 cm³/mol. The Kier molecular flexibility index (Phi) is 5.89. The first kappa shape index (κ1) is 21.2. The molecular formula is C22H28N2O4S. The highest BCUT2D eigenvalue weighted by Crippen LogP contribution is 2.42. The Morgan fingerprint density at radius 3 is 2.48 bits per heavy atom. The Morgan fingerprint density at radius 1 is 1.17 bits per heavy atom. The smallest absolute Gasteiger partial charge is 0.251 e. The van der Waals surface area contributed by atoms with Gasteiger partial charge < -0.3 is 10.1 Å². The molecule has 2 aromatic carbocycles. The molecule has 29 heavy (non-hydrogen) atoms. The van der Waals surface area contributed by atoms with E-state index in [9.17, 15) is 13.2 Å². The highest BCUT2D eigenvalue weighted by atomic mass is 32.2. The number of aryl methyl sites for hydroxylation is 1. The number of carbonyl (C=O) groups is 1. The second-order valence-corrected chi connectivity index (χ2v) is 9.41. The van der Waals surface area contributed by atoms with E-state index >= 15 is 0 Å². The molecule has 0 saturated heterocycles. The molecule has 0 fully saturated rings. The number of fused-ring (bicyclic) bond motifs is 1. The summed E-state index contributed by atoms with van der Waals surface area (Å²) in [6.45, 7) is 5.98. The Labute approximate surface area is 172 Å². The largest absolute Gasteiger partial charge is 0.487 e. The van der Waals surface area contributed by atoms with Crippen LogP contribution in [0.25, 0.3) is 0 Å². The molecule has 6 nitrogen and oxygen atoms in total. The highest BCUT2D eigenvalue weighted by molar-refractivity contribution is 7.92. The van der Waals surface area contributed by atoms with Crippen molar-refractivity contribution in [1.29, 1.82) is 0 Å². The van der Waals surface area contributed by atoms with Gasteiger partial charge in [0.2, 0.25) is 10.0 Å².